The summed E-state index contributed by atoms with van der Waals surface area (Å²) in [7, 11) is 0. The van der Waals surface area contributed by atoms with Gasteiger partial charge in [-0.25, -0.2) is 9.37 Å². The number of pyridine rings is 1. The number of aromatic nitrogens is 1. The molecule has 0 saturated carbocycles. The van der Waals surface area contributed by atoms with Crippen molar-refractivity contribution < 1.29 is 4.39 Å². The summed E-state index contributed by atoms with van der Waals surface area (Å²) in [6.45, 7) is 0. The average molecular weight is 171 g/mol. The maximum atomic E-state index is 12.8. The predicted octanol–water partition coefficient (Wildman–Crippen LogP) is 1.94. The van der Waals surface area contributed by atoms with Gasteiger partial charge in [-0.05, 0) is 6.07 Å². The van der Waals surface area contributed by atoms with Crippen LogP contribution >= 0.6 is 11.6 Å². The van der Waals surface area contributed by atoms with Crippen molar-refractivity contribution in [3.63, 3.8) is 0 Å². The summed E-state index contributed by atoms with van der Waals surface area (Å²) in [4.78, 5) is 3.63. The van der Waals surface area contributed by atoms with Gasteiger partial charge in [0.05, 0.1) is 12.5 Å². The van der Waals surface area contributed by atoms with Crippen LogP contribution in [0.25, 0.3) is 0 Å². The molecule has 0 aliphatic heterocycles. The van der Waals surface area contributed by atoms with Gasteiger partial charge in [-0.1, -0.05) is 11.6 Å². The summed E-state index contributed by atoms with van der Waals surface area (Å²) in [5.74, 6) is -0.480. The summed E-state index contributed by atoms with van der Waals surface area (Å²) < 4.78 is 12.8. The molecular formula is C7H4ClFN2. The highest BCUT2D eigenvalue weighted by atomic mass is 35.5. The first-order valence-corrected chi connectivity index (χ1v) is 3.29. The van der Waals surface area contributed by atoms with Crippen LogP contribution in [0.1, 0.15) is 5.56 Å². The van der Waals surface area contributed by atoms with E-state index in [1.165, 1.54) is 12.3 Å². The lowest BCUT2D eigenvalue weighted by atomic mass is 10.2. The average Bonchev–Trinajstić information content (AvgIpc) is 1.97. The Hall–Kier alpha value is -1.14. The van der Waals surface area contributed by atoms with Gasteiger partial charge in [-0.3, -0.25) is 0 Å². The second-order valence-corrected chi connectivity index (χ2v) is 2.26. The molecule has 0 atom stereocenters. The molecule has 0 aliphatic carbocycles. The van der Waals surface area contributed by atoms with Gasteiger partial charge in [0.15, 0.2) is 0 Å². The van der Waals surface area contributed by atoms with Crippen molar-refractivity contribution in [3.8, 4) is 6.07 Å². The molecule has 1 aromatic rings. The lowest BCUT2D eigenvalue weighted by Gasteiger charge is -1.97. The number of nitriles is 1. The van der Waals surface area contributed by atoms with Crippen molar-refractivity contribution in [1.82, 2.24) is 4.98 Å². The molecular weight excluding hydrogens is 167 g/mol. The highest BCUT2D eigenvalue weighted by molar-refractivity contribution is 6.30. The SMILES string of the molecule is N#CCc1c(F)ccnc1Cl. The third kappa shape index (κ3) is 1.66. The molecule has 2 nitrogen and oxygen atoms in total. The maximum absolute atomic E-state index is 12.8. The molecule has 0 bridgehead atoms. The Labute approximate surface area is 68.2 Å². The molecule has 0 radical (unpaired) electrons. The number of hydrogen-bond donors (Lipinski definition) is 0. The van der Waals surface area contributed by atoms with E-state index >= 15 is 0 Å². The first-order chi connectivity index (χ1) is 5.25. The molecule has 0 fully saturated rings. The van der Waals surface area contributed by atoms with Crippen LogP contribution in [0.5, 0.6) is 0 Å². The van der Waals surface area contributed by atoms with E-state index in [1.807, 2.05) is 0 Å². The summed E-state index contributed by atoms with van der Waals surface area (Å²) in [5.41, 5.74) is 0.164. The van der Waals surface area contributed by atoms with Crippen LogP contribution in [0, 0.1) is 17.1 Å². The van der Waals surface area contributed by atoms with Crippen LogP contribution in [0.3, 0.4) is 0 Å². The molecule has 1 aromatic heterocycles. The fourth-order valence-corrected chi connectivity index (χ4v) is 0.895. The fraction of sp³-hybridized carbons (Fsp3) is 0.143. The topological polar surface area (TPSA) is 36.7 Å². The Bertz CT molecular complexity index is 286. The van der Waals surface area contributed by atoms with Crippen LogP contribution in [0.15, 0.2) is 12.3 Å². The molecule has 0 amide bonds. The minimum atomic E-state index is -0.480. The van der Waals surface area contributed by atoms with Gasteiger partial charge in [0.2, 0.25) is 0 Å². The quantitative estimate of drug-likeness (QED) is 0.604. The molecule has 1 rings (SSSR count). The summed E-state index contributed by atoms with van der Waals surface area (Å²) >= 11 is 5.51. The Kier molecular flexibility index (Phi) is 2.40. The van der Waals surface area contributed by atoms with Crippen molar-refractivity contribution in [1.29, 1.82) is 5.26 Å². The van der Waals surface area contributed by atoms with Crippen LogP contribution in [0.4, 0.5) is 4.39 Å². The largest absolute Gasteiger partial charge is 0.244 e. The van der Waals surface area contributed by atoms with Gasteiger partial charge >= 0.3 is 0 Å². The fourth-order valence-electron chi connectivity index (χ4n) is 0.682. The Morgan fingerprint density at radius 3 is 3.00 bits per heavy atom. The molecule has 11 heavy (non-hydrogen) atoms. The molecule has 4 heteroatoms. The first-order valence-electron chi connectivity index (χ1n) is 2.91. The van der Waals surface area contributed by atoms with Gasteiger partial charge < -0.3 is 0 Å². The van der Waals surface area contributed by atoms with Crippen molar-refractivity contribution in [2.75, 3.05) is 0 Å². The third-order valence-electron chi connectivity index (χ3n) is 1.20. The number of rotatable bonds is 1. The Morgan fingerprint density at radius 1 is 1.73 bits per heavy atom. The van der Waals surface area contributed by atoms with Gasteiger partial charge in [0.25, 0.3) is 0 Å². The molecule has 0 N–H and O–H groups in total. The maximum Gasteiger partial charge on any atom is 0.136 e. The normalized spacial score (nSPS) is 9.18. The van der Waals surface area contributed by atoms with E-state index in [2.05, 4.69) is 4.98 Å². The van der Waals surface area contributed by atoms with Crippen LogP contribution in [0.2, 0.25) is 5.15 Å². The predicted molar refractivity (Wildman–Crippen MR) is 38.5 cm³/mol. The van der Waals surface area contributed by atoms with E-state index in [0.717, 1.165) is 0 Å². The minimum absolute atomic E-state index is 0.0431. The zero-order chi connectivity index (χ0) is 8.27. The summed E-state index contributed by atoms with van der Waals surface area (Å²) in [6, 6.07) is 2.98. The highest BCUT2D eigenvalue weighted by Gasteiger charge is 2.05. The van der Waals surface area contributed by atoms with Crippen molar-refractivity contribution in [3.05, 3.63) is 28.8 Å². The molecule has 0 spiro atoms. The van der Waals surface area contributed by atoms with Gasteiger partial charge in [0, 0.05) is 11.8 Å². The second-order valence-electron chi connectivity index (χ2n) is 1.90. The number of nitrogens with zero attached hydrogens (tertiary/aromatic N) is 2. The Morgan fingerprint density at radius 2 is 2.45 bits per heavy atom. The first kappa shape index (κ1) is 7.96. The van der Waals surface area contributed by atoms with Crippen LogP contribution in [-0.4, -0.2) is 4.98 Å². The minimum Gasteiger partial charge on any atom is -0.244 e. The van der Waals surface area contributed by atoms with E-state index < -0.39 is 5.82 Å². The highest BCUT2D eigenvalue weighted by Crippen LogP contribution is 2.15. The second kappa shape index (κ2) is 3.31. The van der Waals surface area contributed by atoms with E-state index in [1.54, 1.807) is 6.07 Å². The van der Waals surface area contributed by atoms with Crippen LogP contribution in [-0.2, 0) is 6.42 Å². The van der Waals surface area contributed by atoms with Crippen LogP contribution < -0.4 is 0 Å². The lowest BCUT2D eigenvalue weighted by Crippen LogP contribution is -1.91. The summed E-state index contributed by atoms with van der Waals surface area (Å²) in [6.07, 6.45) is 1.22. The Balaban J connectivity index is 3.12. The van der Waals surface area contributed by atoms with E-state index in [9.17, 15) is 4.39 Å². The zero-order valence-corrected chi connectivity index (χ0v) is 6.27. The standard InChI is InChI=1S/C7H4ClFN2/c8-7-5(1-3-10)6(9)2-4-11-7/h2,4H,1H2. The molecule has 1 heterocycles. The van der Waals surface area contributed by atoms with E-state index in [0.29, 0.717) is 0 Å². The third-order valence-corrected chi connectivity index (χ3v) is 1.53. The molecule has 56 valence electrons. The molecule has 0 aliphatic rings. The smallest absolute Gasteiger partial charge is 0.136 e. The monoisotopic (exact) mass is 170 g/mol. The molecule has 0 unspecified atom stereocenters. The number of halogens is 2. The van der Waals surface area contributed by atoms with Gasteiger partial charge in [0.1, 0.15) is 11.0 Å². The molecule has 0 aromatic carbocycles. The van der Waals surface area contributed by atoms with Crippen molar-refractivity contribution >= 4 is 11.6 Å². The number of hydrogen-bond acceptors (Lipinski definition) is 2. The van der Waals surface area contributed by atoms with Crippen molar-refractivity contribution in [2.45, 2.75) is 6.42 Å². The van der Waals surface area contributed by atoms with Gasteiger partial charge in [-0.2, -0.15) is 5.26 Å². The zero-order valence-electron chi connectivity index (χ0n) is 5.51. The van der Waals surface area contributed by atoms with Crippen molar-refractivity contribution in [2.24, 2.45) is 0 Å². The lowest BCUT2D eigenvalue weighted by molar-refractivity contribution is 0.612. The molecule has 0 saturated heterocycles. The van der Waals surface area contributed by atoms with E-state index in [4.69, 9.17) is 16.9 Å². The van der Waals surface area contributed by atoms with Gasteiger partial charge in [-0.15, -0.1) is 0 Å². The van der Waals surface area contributed by atoms with E-state index in [-0.39, 0.29) is 17.1 Å². The summed E-state index contributed by atoms with van der Waals surface area (Å²) in [5, 5.41) is 8.33.